The number of carboxylic acid groups (broad SMARTS) is 1. The van der Waals surface area contributed by atoms with Gasteiger partial charge in [0.15, 0.2) is 0 Å². The predicted molar refractivity (Wildman–Crippen MR) is 85.5 cm³/mol. The minimum Gasteiger partial charge on any atom is -0.475 e. The third kappa shape index (κ3) is 5.45. The molecule has 142 valence electrons. The standard InChI is InChI=1S/C14H17N3O2.C2HF3O2/c18-13-6-5-12(14(19)17-13)16-11-3-1-9(2-4-11)10-7-15-8-10;3-2(4,5)1(6)7/h1-4,10,12,15-16H,5-8H2,(H,17,18,19);(H,6,7). The smallest absolute Gasteiger partial charge is 0.475 e. The number of benzene rings is 1. The second-order valence-corrected chi connectivity index (χ2v) is 5.93. The SMILES string of the molecule is O=C(O)C(F)(F)F.O=C1CCC(Nc2ccc(C3CNC3)cc2)C(=O)N1. The van der Waals surface area contributed by atoms with Gasteiger partial charge in [-0.15, -0.1) is 0 Å². The summed E-state index contributed by atoms with van der Waals surface area (Å²) < 4.78 is 31.7. The number of piperidine rings is 1. The van der Waals surface area contributed by atoms with Crippen LogP contribution in [0, 0.1) is 0 Å². The highest BCUT2D eigenvalue weighted by Gasteiger charge is 2.38. The van der Waals surface area contributed by atoms with Crippen LogP contribution in [0.4, 0.5) is 18.9 Å². The van der Waals surface area contributed by atoms with Gasteiger partial charge in [-0.1, -0.05) is 12.1 Å². The fraction of sp³-hybridized carbons (Fsp3) is 0.438. The lowest BCUT2D eigenvalue weighted by atomic mass is 9.93. The molecule has 3 rings (SSSR count). The molecule has 1 unspecified atom stereocenters. The highest BCUT2D eigenvalue weighted by Crippen LogP contribution is 2.22. The van der Waals surface area contributed by atoms with Crippen molar-refractivity contribution in [1.82, 2.24) is 10.6 Å². The highest BCUT2D eigenvalue weighted by molar-refractivity contribution is 6.01. The number of anilines is 1. The molecule has 1 atom stereocenters. The van der Waals surface area contributed by atoms with Gasteiger partial charge in [0.05, 0.1) is 0 Å². The van der Waals surface area contributed by atoms with E-state index in [1.807, 2.05) is 12.1 Å². The van der Waals surface area contributed by atoms with Crippen LogP contribution in [0.25, 0.3) is 0 Å². The number of halogens is 3. The molecule has 2 heterocycles. The van der Waals surface area contributed by atoms with Crippen molar-refractivity contribution in [1.29, 1.82) is 0 Å². The Morgan fingerprint density at radius 1 is 1.15 bits per heavy atom. The Morgan fingerprint density at radius 2 is 1.73 bits per heavy atom. The van der Waals surface area contributed by atoms with Gasteiger partial charge in [-0.2, -0.15) is 13.2 Å². The molecule has 26 heavy (non-hydrogen) atoms. The van der Waals surface area contributed by atoms with Crippen LogP contribution in [0.1, 0.15) is 24.3 Å². The predicted octanol–water partition coefficient (Wildman–Crippen LogP) is 1.22. The molecule has 7 nitrogen and oxygen atoms in total. The van der Waals surface area contributed by atoms with E-state index in [-0.39, 0.29) is 17.9 Å². The van der Waals surface area contributed by atoms with Crippen molar-refractivity contribution in [2.75, 3.05) is 18.4 Å². The number of carbonyl (C=O) groups is 3. The first kappa shape index (κ1) is 19.7. The highest BCUT2D eigenvalue weighted by atomic mass is 19.4. The molecule has 0 aromatic heterocycles. The maximum atomic E-state index is 11.6. The van der Waals surface area contributed by atoms with Crippen LogP contribution >= 0.6 is 0 Å². The summed E-state index contributed by atoms with van der Waals surface area (Å²) in [5.74, 6) is -2.56. The maximum absolute atomic E-state index is 11.6. The molecule has 2 aliphatic heterocycles. The molecule has 1 aromatic rings. The molecular weight excluding hydrogens is 355 g/mol. The number of carboxylic acids is 1. The molecule has 0 spiro atoms. The van der Waals surface area contributed by atoms with E-state index in [9.17, 15) is 22.8 Å². The van der Waals surface area contributed by atoms with Crippen LogP contribution in [-0.2, 0) is 14.4 Å². The Hall–Kier alpha value is -2.62. The summed E-state index contributed by atoms with van der Waals surface area (Å²) in [6.45, 7) is 2.08. The quantitative estimate of drug-likeness (QED) is 0.594. The van der Waals surface area contributed by atoms with Gasteiger partial charge in [0.25, 0.3) is 0 Å². The fourth-order valence-corrected chi connectivity index (χ4v) is 2.41. The fourth-order valence-electron chi connectivity index (χ4n) is 2.41. The number of rotatable bonds is 3. The van der Waals surface area contributed by atoms with E-state index in [1.54, 1.807) is 0 Å². The summed E-state index contributed by atoms with van der Waals surface area (Å²) >= 11 is 0. The summed E-state index contributed by atoms with van der Waals surface area (Å²) in [7, 11) is 0. The van der Waals surface area contributed by atoms with E-state index in [4.69, 9.17) is 9.90 Å². The van der Waals surface area contributed by atoms with Gasteiger partial charge < -0.3 is 15.7 Å². The summed E-state index contributed by atoms with van der Waals surface area (Å²) in [5.41, 5.74) is 2.25. The lowest BCUT2D eigenvalue weighted by Crippen LogP contribution is -2.47. The average molecular weight is 373 g/mol. The lowest BCUT2D eigenvalue weighted by Gasteiger charge is -2.28. The Morgan fingerprint density at radius 3 is 2.15 bits per heavy atom. The Kier molecular flexibility index (Phi) is 6.19. The normalized spacial score (nSPS) is 20.3. The van der Waals surface area contributed by atoms with E-state index in [2.05, 4.69) is 28.1 Å². The third-order valence-corrected chi connectivity index (χ3v) is 3.99. The number of amides is 2. The Bertz CT molecular complexity index is 672. The minimum absolute atomic E-state index is 0.184. The largest absolute Gasteiger partial charge is 0.490 e. The van der Waals surface area contributed by atoms with Crippen molar-refractivity contribution in [3.05, 3.63) is 29.8 Å². The Labute approximate surface area is 146 Å². The van der Waals surface area contributed by atoms with Crippen LogP contribution in [0.5, 0.6) is 0 Å². The van der Waals surface area contributed by atoms with Gasteiger partial charge in [-0.3, -0.25) is 14.9 Å². The lowest BCUT2D eigenvalue weighted by molar-refractivity contribution is -0.192. The van der Waals surface area contributed by atoms with E-state index < -0.39 is 12.1 Å². The number of aliphatic carboxylic acids is 1. The summed E-state index contributed by atoms with van der Waals surface area (Å²) in [4.78, 5) is 31.6. The zero-order chi connectivity index (χ0) is 19.3. The molecule has 2 fully saturated rings. The first-order valence-electron chi connectivity index (χ1n) is 7.88. The van der Waals surface area contributed by atoms with Gasteiger partial charge in [-0.05, 0) is 24.1 Å². The van der Waals surface area contributed by atoms with E-state index in [0.29, 0.717) is 18.8 Å². The summed E-state index contributed by atoms with van der Waals surface area (Å²) in [5, 5.41) is 15.9. The summed E-state index contributed by atoms with van der Waals surface area (Å²) in [6, 6.07) is 7.88. The third-order valence-electron chi connectivity index (χ3n) is 3.99. The van der Waals surface area contributed by atoms with Crippen LogP contribution in [0.3, 0.4) is 0 Å². The van der Waals surface area contributed by atoms with E-state index in [1.165, 1.54) is 5.56 Å². The van der Waals surface area contributed by atoms with Gasteiger partial charge in [-0.25, -0.2) is 4.79 Å². The molecule has 2 amide bonds. The number of hydrogen-bond donors (Lipinski definition) is 4. The van der Waals surface area contributed by atoms with Crippen LogP contribution < -0.4 is 16.0 Å². The zero-order valence-corrected chi connectivity index (χ0v) is 13.6. The zero-order valence-electron chi connectivity index (χ0n) is 13.6. The number of carbonyl (C=O) groups excluding carboxylic acids is 2. The van der Waals surface area contributed by atoms with Gasteiger partial charge in [0.1, 0.15) is 6.04 Å². The number of hydrogen-bond acceptors (Lipinski definition) is 5. The topological polar surface area (TPSA) is 108 Å². The van der Waals surface area contributed by atoms with Crippen molar-refractivity contribution in [3.8, 4) is 0 Å². The molecule has 0 saturated carbocycles. The molecule has 4 N–H and O–H groups in total. The van der Waals surface area contributed by atoms with E-state index in [0.717, 1.165) is 18.8 Å². The molecule has 2 saturated heterocycles. The molecular formula is C16H18F3N3O4. The number of imide groups is 1. The molecule has 10 heteroatoms. The monoisotopic (exact) mass is 373 g/mol. The molecule has 0 bridgehead atoms. The number of nitrogens with one attached hydrogen (secondary N) is 3. The van der Waals surface area contributed by atoms with E-state index >= 15 is 0 Å². The first-order valence-corrected chi connectivity index (χ1v) is 7.88. The van der Waals surface area contributed by atoms with Crippen LogP contribution in [-0.4, -0.2) is 48.2 Å². The van der Waals surface area contributed by atoms with Gasteiger partial charge >= 0.3 is 12.1 Å². The second kappa shape index (κ2) is 8.17. The molecule has 1 aromatic carbocycles. The average Bonchev–Trinajstić information content (AvgIpc) is 2.50. The van der Waals surface area contributed by atoms with Crippen LogP contribution in [0.15, 0.2) is 24.3 Å². The van der Waals surface area contributed by atoms with Crippen molar-refractivity contribution in [2.45, 2.75) is 31.0 Å². The van der Waals surface area contributed by atoms with Gasteiger partial charge in [0, 0.05) is 31.1 Å². The Balaban J connectivity index is 0.000000298. The van der Waals surface area contributed by atoms with Crippen LogP contribution in [0.2, 0.25) is 0 Å². The summed E-state index contributed by atoms with van der Waals surface area (Å²) in [6.07, 6.45) is -4.13. The van der Waals surface area contributed by atoms with Crippen molar-refractivity contribution in [3.63, 3.8) is 0 Å². The molecule has 2 aliphatic rings. The second-order valence-electron chi connectivity index (χ2n) is 5.93. The minimum atomic E-state index is -5.08. The van der Waals surface area contributed by atoms with Gasteiger partial charge in [0.2, 0.25) is 11.8 Å². The van der Waals surface area contributed by atoms with Crippen molar-refractivity contribution >= 4 is 23.5 Å². The molecule has 0 radical (unpaired) electrons. The van der Waals surface area contributed by atoms with Crippen molar-refractivity contribution < 1.29 is 32.7 Å². The number of alkyl halides is 3. The maximum Gasteiger partial charge on any atom is 0.490 e. The molecule has 0 aliphatic carbocycles. The first-order chi connectivity index (χ1) is 12.2. The van der Waals surface area contributed by atoms with Crippen molar-refractivity contribution in [2.24, 2.45) is 0 Å².